The average Bonchev–Trinajstić information content (AvgIpc) is 3.08. The van der Waals surface area contributed by atoms with Gasteiger partial charge in [-0.2, -0.15) is 18.3 Å². The number of aliphatic carboxylic acids is 1. The molecule has 2 unspecified atom stereocenters. The van der Waals surface area contributed by atoms with Gasteiger partial charge >= 0.3 is 12.1 Å². The molecular weight excluding hydrogens is 480 g/mol. The minimum atomic E-state index is -4.54. The molecule has 1 heterocycles. The minimum absolute atomic E-state index is 0.0642. The van der Waals surface area contributed by atoms with Crippen LogP contribution in [-0.2, 0) is 24.4 Å². The van der Waals surface area contributed by atoms with Crippen molar-refractivity contribution in [3.63, 3.8) is 0 Å². The Hall–Kier alpha value is -3.57. The van der Waals surface area contributed by atoms with Gasteiger partial charge < -0.3 is 10.4 Å². The van der Waals surface area contributed by atoms with Gasteiger partial charge in [-0.3, -0.25) is 9.48 Å². The smallest absolute Gasteiger partial charge is 0.416 e. The van der Waals surface area contributed by atoms with Crippen molar-refractivity contribution < 1.29 is 41.0 Å². The Bertz CT molecular complexity index is 1180. The number of carbonyl (C=O) groups excluding carboxylic acids is 1. The van der Waals surface area contributed by atoms with E-state index in [1.54, 1.807) is 0 Å². The number of carboxylic acid groups (broad SMARTS) is 1. The second-order valence-electron chi connectivity index (χ2n) is 8.10. The van der Waals surface area contributed by atoms with Crippen LogP contribution in [0.1, 0.15) is 52.6 Å². The largest absolute Gasteiger partial charge is 0.478 e. The number of halogens is 6. The molecule has 0 saturated heterocycles. The highest BCUT2D eigenvalue weighted by Crippen LogP contribution is 2.31. The van der Waals surface area contributed by atoms with E-state index in [4.69, 9.17) is 5.11 Å². The molecular formula is C23H21F6N3O3. The second-order valence-corrected chi connectivity index (χ2v) is 8.10. The van der Waals surface area contributed by atoms with Gasteiger partial charge in [0.2, 0.25) is 0 Å². The highest BCUT2D eigenvalue weighted by Gasteiger charge is 2.32. The van der Waals surface area contributed by atoms with Crippen LogP contribution in [0.3, 0.4) is 0 Å². The van der Waals surface area contributed by atoms with Crippen LogP contribution in [0, 0.1) is 5.92 Å². The Labute approximate surface area is 195 Å². The molecule has 0 radical (unpaired) electrons. The van der Waals surface area contributed by atoms with Crippen molar-refractivity contribution in [2.24, 2.45) is 13.0 Å². The quantitative estimate of drug-likeness (QED) is 0.525. The predicted molar refractivity (Wildman–Crippen MR) is 112 cm³/mol. The Morgan fingerprint density at radius 2 is 1.86 bits per heavy atom. The van der Waals surface area contributed by atoms with E-state index in [0.717, 1.165) is 22.9 Å². The van der Waals surface area contributed by atoms with Crippen LogP contribution in [0.15, 0.2) is 47.8 Å². The summed E-state index contributed by atoms with van der Waals surface area (Å²) in [5, 5.41) is 15.5. The summed E-state index contributed by atoms with van der Waals surface area (Å²) in [6.07, 6.45) is -5.47. The normalized spacial score (nSPS) is 17.1. The monoisotopic (exact) mass is 501 g/mol. The van der Waals surface area contributed by atoms with Crippen molar-refractivity contribution in [1.82, 2.24) is 15.1 Å². The van der Waals surface area contributed by atoms with E-state index in [-0.39, 0.29) is 18.5 Å². The summed E-state index contributed by atoms with van der Waals surface area (Å²) < 4.78 is 80.9. The number of benzene rings is 1. The molecule has 2 N–H and O–H groups in total. The van der Waals surface area contributed by atoms with Crippen LogP contribution >= 0.6 is 0 Å². The molecule has 0 saturated carbocycles. The third-order valence-electron chi connectivity index (χ3n) is 5.69. The summed E-state index contributed by atoms with van der Waals surface area (Å²) in [7, 11) is 1.22. The van der Waals surface area contributed by atoms with Crippen molar-refractivity contribution in [2.45, 2.75) is 38.4 Å². The summed E-state index contributed by atoms with van der Waals surface area (Å²) >= 11 is 0. The third-order valence-corrected chi connectivity index (χ3v) is 5.69. The van der Waals surface area contributed by atoms with Crippen LogP contribution < -0.4 is 5.32 Å². The topological polar surface area (TPSA) is 84.2 Å². The average molecular weight is 501 g/mol. The van der Waals surface area contributed by atoms with Crippen LogP contribution in [0.25, 0.3) is 0 Å². The van der Waals surface area contributed by atoms with Gasteiger partial charge in [0.15, 0.2) is 0 Å². The van der Waals surface area contributed by atoms with Crippen molar-refractivity contribution in [2.75, 3.05) is 0 Å². The lowest BCUT2D eigenvalue weighted by molar-refractivity contribution is -0.137. The SMILES string of the molecule is CC(NC(=O)c1c(Cc2ccc(C(F)(F)F)cc2)nn(C)c1C(F)F)C1C=C(F)C(C(=O)O)=CC1. The number of rotatable bonds is 7. The third kappa shape index (κ3) is 5.75. The number of carbonyl (C=O) groups is 2. The molecule has 12 heteroatoms. The highest BCUT2D eigenvalue weighted by atomic mass is 19.4. The zero-order valence-electron chi connectivity index (χ0n) is 18.5. The van der Waals surface area contributed by atoms with Gasteiger partial charge in [-0.1, -0.05) is 18.2 Å². The Morgan fingerprint density at radius 3 is 2.37 bits per heavy atom. The van der Waals surface area contributed by atoms with E-state index >= 15 is 0 Å². The first-order chi connectivity index (χ1) is 16.3. The van der Waals surface area contributed by atoms with Crippen molar-refractivity contribution in [3.8, 4) is 0 Å². The fourth-order valence-electron chi connectivity index (χ4n) is 3.84. The lowest BCUT2D eigenvalue weighted by Gasteiger charge is -2.24. The molecule has 0 aliphatic heterocycles. The van der Waals surface area contributed by atoms with Crippen LogP contribution in [0.5, 0.6) is 0 Å². The lowest BCUT2D eigenvalue weighted by Crippen LogP contribution is -2.38. The summed E-state index contributed by atoms with van der Waals surface area (Å²) in [6.45, 7) is 1.51. The maximum atomic E-state index is 14.1. The zero-order valence-corrected chi connectivity index (χ0v) is 18.5. The van der Waals surface area contributed by atoms with Gasteiger partial charge in [-0.05, 0) is 37.1 Å². The fraction of sp³-hybridized carbons (Fsp3) is 0.348. The van der Waals surface area contributed by atoms with Crippen molar-refractivity contribution >= 4 is 11.9 Å². The number of allylic oxidation sites excluding steroid dienone is 1. The zero-order chi connectivity index (χ0) is 26.1. The van der Waals surface area contributed by atoms with Gasteiger partial charge in [0.25, 0.3) is 12.3 Å². The van der Waals surface area contributed by atoms with Crippen LogP contribution in [-0.4, -0.2) is 32.8 Å². The van der Waals surface area contributed by atoms with Gasteiger partial charge in [0.05, 0.1) is 22.4 Å². The Morgan fingerprint density at radius 1 is 1.23 bits per heavy atom. The number of nitrogens with one attached hydrogen (secondary N) is 1. The van der Waals surface area contributed by atoms with E-state index in [1.807, 2.05) is 0 Å². The minimum Gasteiger partial charge on any atom is -0.478 e. The number of hydrogen-bond acceptors (Lipinski definition) is 3. The molecule has 188 valence electrons. The van der Waals surface area contributed by atoms with Gasteiger partial charge in [-0.25, -0.2) is 18.0 Å². The molecule has 1 aliphatic carbocycles. The molecule has 0 bridgehead atoms. The molecule has 2 atom stereocenters. The van der Waals surface area contributed by atoms with E-state index in [1.165, 1.54) is 32.2 Å². The molecule has 1 aromatic carbocycles. The van der Waals surface area contributed by atoms with Crippen molar-refractivity contribution in [3.05, 3.63) is 75.9 Å². The molecule has 6 nitrogen and oxygen atoms in total. The highest BCUT2D eigenvalue weighted by molar-refractivity contribution is 5.97. The second kappa shape index (κ2) is 9.96. The molecule has 1 amide bonds. The summed E-state index contributed by atoms with van der Waals surface area (Å²) in [5.74, 6) is -3.94. The molecule has 3 rings (SSSR count). The van der Waals surface area contributed by atoms with Crippen LogP contribution in [0.4, 0.5) is 26.3 Å². The number of amides is 1. The van der Waals surface area contributed by atoms with Crippen LogP contribution in [0.2, 0.25) is 0 Å². The fourth-order valence-corrected chi connectivity index (χ4v) is 3.84. The molecule has 0 spiro atoms. The number of aryl methyl sites for hydroxylation is 1. The van der Waals surface area contributed by atoms with Gasteiger partial charge in [0, 0.05) is 25.4 Å². The van der Waals surface area contributed by atoms with E-state index < -0.39 is 64.7 Å². The van der Waals surface area contributed by atoms with E-state index in [2.05, 4.69) is 10.4 Å². The molecule has 1 aliphatic rings. The molecule has 35 heavy (non-hydrogen) atoms. The van der Waals surface area contributed by atoms with Gasteiger partial charge in [0.1, 0.15) is 11.5 Å². The first kappa shape index (κ1) is 26.0. The number of alkyl halides is 5. The molecule has 0 fully saturated rings. The molecule has 1 aromatic heterocycles. The van der Waals surface area contributed by atoms with Gasteiger partial charge in [-0.15, -0.1) is 0 Å². The number of nitrogens with zero attached hydrogens (tertiary/aromatic N) is 2. The number of carboxylic acids is 1. The first-order valence-corrected chi connectivity index (χ1v) is 10.4. The number of aromatic nitrogens is 2. The summed E-state index contributed by atoms with van der Waals surface area (Å²) in [5.41, 5.74) is -2.21. The predicted octanol–water partition coefficient (Wildman–Crippen LogP) is 4.97. The summed E-state index contributed by atoms with van der Waals surface area (Å²) in [6, 6.07) is 3.27. The summed E-state index contributed by atoms with van der Waals surface area (Å²) in [4.78, 5) is 24.0. The Kier molecular flexibility index (Phi) is 7.41. The molecule has 2 aromatic rings. The lowest BCUT2D eigenvalue weighted by atomic mass is 9.90. The first-order valence-electron chi connectivity index (χ1n) is 10.4. The standard InChI is InChI=1S/C23H21F6N3O3/c1-11(13-5-8-15(22(34)35)16(24)10-13)30-21(33)18-17(31-32(2)19(18)20(25)26)9-12-3-6-14(7-4-12)23(27,28)29/h3-4,6-8,10-11,13,20H,5,9H2,1-2H3,(H,30,33)(H,34,35). The number of hydrogen-bond donors (Lipinski definition) is 2. The van der Waals surface area contributed by atoms with E-state index in [9.17, 15) is 35.9 Å². The van der Waals surface area contributed by atoms with Crippen molar-refractivity contribution in [1.29, 1.82) is 0 Å². The Balaban J connectivity index is 1.85. The van der Waals surface area contributed by atoms with E-state index in [0.29, 0.717) is 5.56 Å². The maximum Gasteiger partial charge on any atom is 0.416 e. The maximum absolute atomic E-state index is 14.1.